The van der Waals surface area contributed by atoms with Crippen molar-refractivity contribution in [3.05, 3.63) is 18.3 Å². The van der Waals surface area contributed by atoms with E-state index in [4.69, 9.17) is 0 Å². The number of hydrogen-bond acceptors (Lipinski definition) is 3. The molecule has 96 valence electrons. The Bertz CT molecular complexity index is 300. The third-order valence-electron chi connectivity index (χ3n) is 2.85. The van der Waals surface area contributed by atoms with Gasteiger partial charge in [0, 0.05) is 20.1 Å². The van der Waals surface area contributed by atoms with Gasteiger partial charge in [0.2, 0.25) is 0 Å². The maximum atomic E-state index is 4.41. The number of aromatic nitrogens is 1. The van der Waals surface area contributed by atoms with Gasteiger partial charge in [0.15, 0.2) is 0 Å². The first-order valence-corrected chi connectivity index (χ1v) is 6.57. The lowest BCUT2D eigenvalue weighted by Gasteiger charge is -2.19. The van der Waals surface area contributed by atoms with E-state index in [1.165, 1.54) is 25.7 Å². The Morgan fingerprint density at radius 3 is 2.24 bits per heavy atom. The highest BCUT2D eigenvalue weighted by atomic mass is 15.1. The van der Waals surface area contributed by atoms with E-state index in [9.17, 15) is 0 Å². The minimum atomic E-state index is 0.581. The topological polar surface area (TPSA) is 28.2 Å². The fourth-order valence-corrected chi connectivity index (χ4v) is 1.96. The zero-order valence-corrected chi connectivity index (χ0v) is 11.5. The maximum Gasteiger partial charge on any atom is 0.128 e. The van der Waals surface area contributed by atoms with Crippen LogP contribution in [0.1, 0.15) is 39.5 Å². The van der Waals surface area contributed by atoms with E-state index in [0.29, 0.717) is 6.04 Å². The van der Waals surface area contributed by atoms with Crippen LogP contribution < -0.4 is 10.2 Å². The van der Waals surface area contributed by atoms with Crippen LogP contribution in [0.5, 0.6) is 0 Å². The number of pyridine rings is 1. The third kappa shape index (κ3) is 4.63. The molecule has 1 aromatic rings. The van der Waals surface area contributed by atoms with Gasteiger partial charge < -0.3 is 10.2 Å². The molecule has 3 heteroatoms. The van der Waals surface area contributed by atoms with Gasteiger partial charge in [-0.25, -0.2) is 4.98 Å². The van der Waals surface area contributed by atoms with E-state index in [2.05, 4.69) is 36.3 Å². The van der Waals surface area contributed by atoms with Crippen LogP contribution in [0.4, 0.5) is 11.5 Å². The number of nitrogens with one attached hydrogen (secondary N) is 1. The van der Waals surface area contributed by atoms with E-state index < -0.39 is 0 Å². The molecule has 17 heavy (non-hydrogen) atoms. The molecule has 3 nitrogen and oxygen atoms in total. The van der Waals surface area contributed by atoms with E-state index >= 15 is 0 Å². The van der Waals surface area contributed by atoms with Crippen LogP contribution in [0.15, 0.2) is 18.3 Å². The van der Waals surface area contributed by atoms with Crippen molar-refractivity contribution in [1.29, 1.82) is 0 Å². The van der Waals surface area contributed by atoms with Gasteiger partial charge in [-0.15, -0.1) is 0 Å². The van der Waals surface area contributed by atoms with E-state index in [-0.39, 0.29) is 0 Å². The standard InChI is InChI=1S/C14H25N3/c1-5-7-12(8-6-2)16-13-9-10-14(15-11-13)17(3)4/h9-12,16H,5-8H2,1-4H3. The van der Waals surface area contributed by atoms with Crippen molar-refractivity contribution in [2.24, 2.45) is 0 Å². The van der Waals surface area contributed by atoms with Crippen LogP contribution in [-0.2, 0) is 0 Å². The second-order valence-corrected chi connectivity index (χ2v) is 4.72. The molecule has 1 rings (SSSR count). The molecule has 0 fully saturated rings. The van der Waals surface area contributed by atoms with Gasteiger partial charge >= 0.3 is 0 Å². The average molecular weight is 235 g/mol. The number of rotatable bonds is 7. The lowest BCUT2D eigenvalue weighted by Crippen LogP contribution is -2.19. The van der Waals surface area contributed by atoms with Crippen LogP contribution in [0, 0.1) is 0 Å². The maximum absolute atomic E-state index is 4.41. The van der Waals surface area contributed by atoms with Crippen molar-refractivity contribution in [2.75, 3.05) is 24.3 Å². The molecular weight excluding hydrogens is 210 g/mol. The molecule has 0 aliphatic rings. The Kier molecular flexibility index (Phi) is 5.81. The summed E-state index contributed by atoms with van der Waals surface area (Å²) < 4.78 is 0. The van der Waals surface area contributed by atoms with Gasteiger partial charge in [0.05, 0.1) is 11.9 Å². The zero-order valence-electron chi connectivity index (χ0n) is 11.5. The van der Waals surface area contributed by atoms with Crippen LogP contribution in [-0.4, -0.2) is 25.1 Å². The largest absolute Gasteiger partial charge is 0.381 e. The van der Waals surface area contributed by atoms with Gasteiger partial charge in [-0.2, -0.15) is 0 Å². The highest BCUT2D eigenvalue weighted by Gasteiger charge is 2.06. The average Bonchev–Trinajstić information content (AvgIpc) is 2.30. The summed E-state index contributed by atoms with van der Waals surface area (Å²) in [5.41, 5.74) is 1.13. The summed E-state index contributed by atoms with van der Waals surface area (Å²) in [5, 5.41) is 3.57. The summed E-state index contributed by atoms with van der Waals surface area (Å²) in [6.07, 6.45) is 6.82. The summed E-state index contributed by atoms with van der Waals surface area (Å²) in [5.74, 6) is 0.998. The van der Waals surface area contributed by atoms with Crippen molar-refractivity contribution in [3.8, 4) is 0 Å². The van der Waals surface area contributed by atoms with Crippen molar-refractivity contribution in [3.63, 3.8) is 0 Å². The predicted molar refractivity (Wildman–Crippen MR) is 75.8 cm³/mol. The molecule has 0 amide bonds. The summed E-state index contributed by atoms with van der Waals surface area (Å²) in [4.78, 5) is 6.43. The molecule has 0 atom stereocenters. The van der Waals surface area contributed by atoms with Gasteiger partial charge in [-0.1, -0.05) is 26.7 Å². The Labute approximate surface area is 105 Å². The first-order chi connectivity index (χ1) is 8.17. The molecule has 0 aromatic carbocycles. The molecule has 0 unspecified atom stereocenters. The Balaban J connectivity index is 2.59. The van der Waals surface area contributed by atoms with Crippen LogP contribution in [0.3, 0.4) is 0 Å². The number of nitrogens with zero attached hydrogens (tertiary/aromatic N) is 2. The monoisotopic (exact) mass is 235 g/mol. The van der Waals surface area contributed by atoms with Crippen molar-refractivity contribution >= 4 is 11.5 Å². The van der Waals surface area contributed by atoms with Gasteiger partial charge in [0.25, 0.3) is 0 Å². The van der Waals surface area contributed by atoms with E-state index in [0.717, 1.165) is 11.5 Å². The minimum Gasteiger partial charge on any atom is -0.381 e. The van der Waals surface area contributed by atoms with E-state index in [1.54, 1.807) is 0 Å². The smallest absolute Gasteiger partial charge is 0.128 e. The molecule has 0 bridgehead atoms. The quantitative estimate of drug-likeness (QED) is 0.783. The van der Waals surface area contributed by atoms with Crippen molar-refractivity contribution < 1.29 is 0 Å². The Morgan fingerprint density at radius 2 is 1.82 bits per heavy atom. The fraction of sp³-hybridized carbons (Fsp3) is 0.643. The van der Waals surface area contributed by atoms with Crippen LogP contribution in [0.2, 0.25) is 0 Å². The summed E-state index contributed by atoms with van der Waals surface area (Å²) in [7, 11) is 4.01. The van der Waals surface area contributed by atoms with Crippen LogP contribution in [0.25, 0.3) is 0 Å². The van der Waals surface area contributed by atoms with E-state index in [1.807, 2.05) is 25.2 Å². The molecule has 0 saturated carbocycles. The number of anilines is 2. The summed E-state index contributed by atoms with van der Waals surface area (Å²) in [6.45, 7) is 4.47. The predicted octanol–water partition coefficient (Wildman–Crippen LogP) is 3.53. The first-order valence-electron chi connectivity index (χ1n) is 6.57. The van der Waals surface area contributed by atoms with Gasteiger partial charge in [-0.05, 0) is 25.0 Å². The molecule has 0 saturated heterocycles. The molecule has 1 heterocycles. The SMILES string of the molecule is CCCC(CCC)Nc1ccc(N(C)C)nc1. The molecule has 0 spiro atoms. The normalized spacial score (nSPS) is 10.6. The molecule has 1 aromatic heterocycles. The van der Waals surface area contributed by atoms with Gasteiger partial charge in [-0.3, -0.25) is 0 Å². The molecule has 1 N–H and O–H groups in total. The van der Waals surface area contributed by atoms with Crippen molar-refractivity contribution in [1.82, 2.24) is 4.98 Å². The summed E-state index contributed by atoms with van der Waals surface area (Å²) >= 11 is 0. The highest BCUT2D eigenvalue weighted by molar-refractivity contribution is 5.48. The molecular formula is C14H25N3. The second-order valence-electron chi connectivity index (χ2n) is 4.72. The second kappa shape index (κ2) is 7.15. The Hall–Kier alpha value is -1.25. The molecule has 0 aliphatic carbocycles. The fourth-order valence-electron chi connectivity index (χ4n) is 1.96. The Morgan fingerprint density at radius 1 is 1.18 bits per heavy atom. The van der Waals surface area contributed by atoms with Gasteiger partial charge in [0.1, 0.15) is 5.82 Å². The zero-order chi connectivity index (χ0) is 12.7. The first kappa shape index (κ1) is 13.8. The lowest BCUT2D eigenvalue weighted by atomic mass is 10.1. The summed E-state index contributed by atoms with van der Waals surface area (Å²) in [6, 6.07) is 4.75. The highest BCUT2D eigenvalue weighted by Crippen LogP contribution is 2.16. The number of hydrogen-bond donors (Lipinski definition) is 1. The molecule has 0 radical (unpaired) electrons. The minimum absolute atomic E-state index is 0.581. The third-order valence-corrected chi connectivity index (χ3v) is 2.85. The lowest BCUT2D eigenvalue weighted by molar-refractivity contribution is 0.586. The molecule has 0 aliphatic heterocycles. The van der Waals surface area contributed by atoms with Crippen molar-refractivity contribution in [2.45, 2.75) is 45.6 Å². The van der Waals surface area contributed by atoms with Crippen LogP contribution >= 0.6 is 0 Å².